The van der Waals surface area contributed by atoms with Gasteiger partial charge in [0.05, 0.1) is 6.61 Å². The van der Waals surface area contributed by atoms with Gasteiger partial charge < -0.3 is 15.4 Å². The average Bonchev–Trinajstić information content (AvgIpc) is 2.49. The van der Waals surface area contributed by atoms with Gasteiger partial charge >= 0.3 is 0 Å². The molecule has 0 radical (unpaired) electrons. The summed E-state index contributed by atoms with van der Waals surface area (Å²) in [6.07, 6.45) is 1.43. The Labute approximate surface area is 143 Å². The normalized spacial score (nSPS) is 13.6. The fourth-order valence-corrected chi connectivity index (χ4v) is 2.17. The SMILES string of the molecule is CCCOc1ccc(C(=O)CCC(=O)NCC2CNC2)cc1.Cl. The Morgan fingerprint density at radius 3 is 2.48 bits per heavy atom. The average molecular weight is 341 g/mol. The van der Waals surface area contributed by atoms with Crippen LogP contribution in [-0.2, 0) is 4.79 Å². The smallest absolute Gasteiger partial charge is 0.220 e. The van der Waals surface area contributed by atoms with E-state index in [9.17, 15) is 9.59 Å². The molecule has 5 nitrogen and oxygen atoms in total. The van der Waals surface area contributed by atoms with Gasteiger partial charge in [-0.05, 0) is 30.7 Å². The predicted octanol–water partition coefficient (Wildman–Crippen LogP) is 2.20. The number of Topliss-reactive ketones (excluding diaryl/α,β-unsaturated/α-hetero) is 1. The Hall–Kier alpha value is -1.59. The monoisotopic (exact) mass is 340 g/mol. The van der Waals surface area contributed by atoms with Gasteiger partial charge in [-0.1, -0.05) is 6.92 Å². The molecule has 0 aromatic heterocycles. The van der Waals surface area contributed by atoms with Crippen LogP contribution in [-0.4, -0.2) is 37.9 Å². The fourth-order valence-electron chi connectivity index (χ4n) is 2.17. The van der Waals surface area contributed by atoms with E-state index in [4.69, 9.17) is 4.74 Å². The maximum atomic E-state index is 12.0. The molecule has 2 N–H and O–H groups in total. The van der Waals surface area contributed by atoms with Gasteiger partial charge in [-0.2, -0.15) is 0 Å². The molecule has 1 saturated heterocycles. The summed E-state index contributed by atoms with van der Waals surface area (Å²) in [5, 5.41) is 6.03. The van der Waals surface area contributed by atoms with Crippen LogP contribution in [0.5, 0.6) is 5.75 Å². The quantitative estimate of drug-likeness (QED) is 0.676. The van der Waals surface area contributed by atoms with Crippen molar-refractivity contribution in [1.82, 2.24) is 10.6 Å². The molecule has 0 bridgehead atoms. The highest BCUT2D eigenvalue weighted by Crippen LogP contribution is 2.14. The molecular formula is C17H25ClN2O3. The van der Waals surface area contributed by atoms with E-state index in [0.29, 0.717) is 24.6 Å². The molecule has 2 rings (SSSR count). The van der Waals surface area contributed by atoms with Crippen LogP contribution in [0.4, 0.5) is 0 Å². The molecular weight excluding hydrogens is 316 g/mol. The molecule has 0 saturated carbocycles. The molecule has 1 aromatic rings. The van der Waals surface area contributed by atoms with Gasteiger partial charge in [0.25, 0.3) is 0 Å². The van der Waals surface area contributed by atoms with Crippen LogP contribution in [0.1, 0.15) is 36.5 Å². The summed E-state index contributed by atoms with van der Waals surface area (Å²) in [4.78, 5) is 23.7. The Morgan fingerprint density at radius 2 is 1.91 bits per heavy atom. The van der Waals surface area contributed by atoms with E-state index < -0.39 is 0 Å². The van der Waals surface area contributed by atoms with E-state index in [1.165, 1.54) is 0 Å². The number of hydrogen-bond donors (Lipinski definition) is 2. The molecule has 0 unspecified atom stereocenters. The van der Waals surface area contributed by atoms with Crippen molar-refractivity contribution in [1.29, 1.82) is 0 Å². The number of benzene rings is 1. The van der Waals surface area contributed by atoms with Gasteiger partial charge in [0.15, 0.2) is 5.78 Å². The maximum Gasteiger partial charge on any atom is 0.220 e. The number of ketones is 1. The highest BCUT2D eigenvalue weighted by atomic mass is 35.5. The highest BCUT2D eigenvalue weighted by molar-refractivity contribution is 5.98. The number of amides is 1. The summed E-state index contributed by atoms with van der Waals surface area (Å²) in [6.45, 7) is 5.34. The van der Waals surface area contributed by atoms with Crippen molar-refractivity contribution in [2.45, 2.75) is 26.2 Å². The summed E-state index contributed by atoms with van der Waals surface area (Å²) in [5.74, 6) is 1.24. The summed E-state index contributed by atoms with van der Waals surface area (Å²) in [6, 6.07) is 7.11. The van der Waals surface area contributed by atoms with Gasteiger partial charge in [-0.15, -0.1) is 12.4 Å². The number of nitrogens with one attached hydrogen (secondary N) is 2. The third-order valence-electron chi connectivity index (χ3n) is 3.68. The van der Waals surface area contributed by atoms with Crippen molar-refractivity contribution in [3.8, 4) is 5.75 Å². The predicted molar refractivity (Wildman–Crippen MR) is 92.4 cm³/mol. The standard InChI is InChI=1S/C17H24N2O3.ClH/c1-2-9-22-15-5-3-14(4-6-15)16(20)7-8-17(21)19-12-13-10-18-11-13;/h3-6,13,18H,2,7-12H2,1H3,(H,19,21);1H. The summed E-state index contributed by atoms with van der Waals surface area (Å²) in [7, 11) is 0. The molecule has 0 spiro atoms. The Balaban J connectivity index is 0.00000264. The lowest BCUT2D eigenvalue weighted by molar-refractivity contribution is -0.121. The van der Waals surface area contributed by atoms with Crippen LogP contribution >= 0.6 is 12.4 Å². The van der Waals surface area contributed by atoms with Gasteiger partial charge in [-0.25, -0.2) is 0 Å². The van der Waals surface area contributed by atoms with Crippen LogP contribution in [0.15, 0.2) is 24.3 Å². The summed E-state index contributed by atoms with van der Waals surface area (Å²) in [5.41, 5.74) is 0.625. The molecule has 1 fully saturated rings. The van der Waals surface area contributed by atoms with Gasteiger partial charge in [0.2, 0.25) is 5.91 Å². The zero-order chi connectivity index (χ0) is 15.8. The van der Waals surface area contributed by atoms with Crippen molar-refractivity contribution in [3.63, 3.8) is 0 Å². The molecule has 1 amide bonds. The second kappa shape index (κ2) is 10.2. The second-order valence-corrected chi connectivity index (χ2v) is 5.62. The van der Waals surface area contributed by atoms with Crippen LogP contribution in [0.3, 0.4) is 0 Å². The zero-order valence-corrected chi connectivity index (χ0v) is 14.3. The van der Waals surface area contributed by atoms with Crippen LogP contribution in [0.25, 0.3) is 0 Å². The van der Waals surface area contributed by atoms with E-state index in [2.05, 4.69) is 10.6 Å². The zero-order valence-electron chi connectivity index (χ0n) is 13.5. The third-order valence-corrected chi connectivity index (χ3v) is 3.68. The number of carbonyl (C=O) groups excluding carboxylic acids is 2. The van der Waals surface area contributed by atoms with E-state index in [1.807, 2.05) is 6.92 Å². The van der Waals surface area contributed by atoms with Crippen LogP contribution < -0.4 is 15.4 Å². The van der Waals surface area contributed by atoms with E-state index in [-0.39, 0.29) is 36.9 Å². The minimum atomic E-state index is -0.0526. The lowest BCUT2D eigenvalue weighted by Crippen LogP contribution is -2.48. The number of hydrogen-bond acceptors (Lipinski definition) is 4. The maximum absolute atomic E-state index is 12.0. The van der Waals surface area contributed by atoms with Crippen molar-refractivity contribution >= 4 is 24.1 Å². The summed E-state index contributed by atoms with van der Waals surface area (Å²) < 4.78 is 5.48. The fraction of sp³-hybridized carbons (Fsp3) is 0.529. The van der Waals surface area contributed by atoms with Crippen molar-refractivity contribution in [2.75, 3.05) is 26.2 Å². The second-order valence-electron chi connectivity index (χ2n) is 5.62. The van der Waals surface area contributed by atoms with Gasteiger partial charge in [0, 0.05) is 44.0 Å². The van der Waals surface area contributed by atoms with Crippen LogP contribution in [0, 0.1) is 5.92 Å². The topological polar surface area (TPSA) is 67.4 Å². The molecule has 23 heavy (non-hydrogen) atoms. The molecule has 1 heterocycles. The van der Waals surface area contributed by atoms with Crippen LogP contribution in [0.2, 0.25) is 0 Å². The molecule has 6 heteroatoms. The number of ether oxygens (including phenoxy) is 1. The summed E-state index contributed by atoms with van der Waals surface area (Å²) >= 11 is 0. The first-order chi connectivity index (χ1) is 10.7. The Kier molecular flexibility index (Phi) is 8.66. The molecule has 1 aliphatic heterocycles. The lowest BCUT2D eigenvalue weighted by atomic mass is 10.0. The van der Waals surface area contributed by atoms with Gasteiger partial charge in [0.1, 0.15) is 5.75 Å². The van der Waals surface area contributed by atoms with Crippen molar-refractivity contribution < 1.29 is 14.3 Å². The van der Waals surface area contributed by atoms with Crippen molar-refractivity contribution in [3.05, 3.63) is 29.8 Å². The Bertz CT molecular complexity index is 501. The minimum Gasteiger partial charge on any atom is -0.494 e. The van der Waals surface area contributed by atoms with E-state index in [0.717, 1.165) is 25.3 Å². The number of carbonyl (C=O) groups is 2. The first-order valence-corrected chi connectivity index (χ1v) is 7.92. The Morgan fingerprint density at radius 1 is 1.22 bits per heavy atom. The largest absolute Gasteiger partial charge is 0.494 e. The molecule has 1 aliphatic rings. The first-order valence-electron chi connectivity index (χ1n) is 7.92. The number of halogens is 1. The molecule has 0 atom stereocenters. The third kappa shape index (κ3) is 6.59. The molecule has 0 aliphatic carbocycles. The van der Waals surface area contributed by atoms with E-state index >= 15 is 0 Å². The lowest BCUT2D eigenvalue weighted by Gasteiger charge is -2.27. The minimum absolute atomic E-state index is 0. The number of rotatable bonds is 9. The molecule has 1 aromatic carbocycles. The van der Waals surface area contributed by atoms with Gasteiger partial charge in [-0.3, -0.25) is 9.59 Å². The molecule has 128 valence electrons. The van der Waals surface area contributed by atoms with E-state index in [1.54, 1.807) is 24.3 Å². The first kappa shape index (κ1) is 19.5. The highest BCUT2D eigenvalue weighted by Gasteiger charge is 2.17. The van der Waals surface area contributed by atoms with Crippen molar-refractivity contribution in [2.24, 2.45) is 5.92 Å².